The predicted molar refractivity (Wildman–Crippen MR) is 78.8 cm³/mol. The van der Waals surface area contributed by atoms with Crippen LogP contribution in [0.1, 0.15) is 31.1 Å². The first-order valence-electron chi connectivity index (χ1n) is 6.08. The second-order valence-electron chi connectivity index (χ2n) is 4.70. The molecule has 4 heteroatoms. The number of imidazole rings is 1. The molecule has 1 N–H and O–H groups in total. The summed E-state index contributed by atoms with van der Waals surface area (Å²) in [7, 11) is 0. The molecule has 96 valence electrons. The molecule has 0 atom stereocenters. The fraction of sp³-hybridized carbons (Fsp3) is 0.357. The highest BCUT2D eigenvalue weighted by Gasteiger charge is 2.05. The van der Waals surface area contributed by atoms with Gasteiger partial charge in [0, 0.05) is 22.4 Å². The van der Waals surface area contributed by atoms with E-state index >= 15 is 0 Å². The van der Waals surface area contributed by atoms with Gasteiger partial charge in [-0.25, -0.2) is 4.98 Å². The Morgan fingerprint density at radius 1 is 1.39 bits per heavy atom. The van der Waals surface area contributed by atoms with E-state index in [9.17, 15) is 0 Å². The molecule has 2 rings (SSSR count). The van der Waals surface area contributed by atoms with Crippen LogP contribution in [-0.2, 0) is 6.54 Å². The minimum Gasteiger partial charge on any atom is -0.379 e. The van der Waals surface area contributed by atoms with Crippen LogP contribution in [0.25, 0.3) is 0 Å². The largest absolute Gasteiger partial charge is 0.379 e. The summed E-state index contributed by atoms with van der Waals surface area (Å²) >= 11 is 3.54. The van der Waals surface area contributed by atoms with Gasteiger partial charge in [-0.05, 0) is 38.5 Å². The quantitative estimate of drug-likeness (QED) is 0.919. The van der Waals surface area contributed by atoms with E-state index in [2.05, 4.69) is 69.8 Å². The predicted octanol–water partition coefficient (Wildman–Crippen LogP) is 4.15. The minimum absolute atomic E-state index is 0.439. The second-order valence-corrected chi connectivity index (χ2v) is 5.56. The molecule has 0 bridgehead atoms. The first-order chi connectivity index (χ1) is 8.58. The Hall–Kier alpha value is -1.29. The maximum absolute atomic E-state index is 4.20. The number of aryl methyl sites for hydroxylation is 1. The van der Waals surface area contributed by atoms with Crippen LogP contribution < -0.4 is 5.32 Å². The standard InChI is InChI=1S/C14H18BrN3/c1-10(2)18-9-16-7-13(18)8-17-12-5-4-11(3)14(15)6-12/h4-7,9-10,17H,8H2,1-3H3. The highest BCUT2D eigenvalue weighted by atomic mass is 79.9. The fourth-order valence-electron chi connectivity index (χ4n) is 1.83. The molecule has 0 saturated carbocycles. The number of aromatic nitrogens is 2. The number of hydrogen-bond acceptors (Lipinski definition) is 2. The summed E-state index contributed by atoms with van der Waals surface area (Å²) in [5.74, 6) is 0. The fourth-order valence-corrected chi connectivity index (χ4v) is 2.21. The third kappa shape index (κ3) is 2.93. The van der Waals surface area contributed by atoms with Crippen molar-refractivity contribution in [2.24, 2.45) is 0 Å². The van der Waals surface area contributed by atoms with Crippen molar-refractivity contribution in [3.05, 3.63) is 46.5 Å². The molecule has 0 saturated heterocycles. The van der Waals surface area contributed by atoms with E-state index in [1.807, 2.05) is 12.5 Å². The third-order valence-corrected chi connectivity index (χ3v) is 3.80. The van der Waals surface area contributed by atoms with Gasteiger partial charge in [-0.15, -0.1) is 0 Å². The molecule has 0 aliphatic carbocycles. The van der Waals surface area contributed by atoms with Crippen LogP contribution >= 0.6 is 15.9 Å². The van der Waals surface area contributed by atoms with Crippen LogP contribution in [0.3, 0.4) is 0 Å². The number of hydrogen-bond donors (Lipinski definition) is 1. The first kappa shape index (κ1) is 13.1. The lowest BCUT2D eigenvalue weighted by Gasteiger charge is -2.13. The van der Waals surface area contributed by atoms with Gasteiger partial charge in [0.15, 0.2) is 0 Å². The monoisotopic (exact) mass is 307 g/mol. The maximum atomic E-state index is 4.20. The lowest BCUT2D eigenvalue weighted by molar-refractivity contribution is 0.577. The smallest absolute Gasteiger partial charge is 0.0951 e. The highest BCUT2D eigenvalue weighted by Crippen LogP contribution is 2.21. The van der Waals surface area contributed by atoms with Crippen molar-refractivity contribution in [1.29, 1.82) is 0 Å². The zero-order valence-electron chi connectivity index (χ0n) is 10.9. The molecule has 1 heterocycles. The Kier molecular flexibility index (Phi) is 4.07. The zero-order chi connectivity index (χ0) is 13.1. The Bertz CT molecular complexity index is 532. The average Bonchev–Trinajstić information content (AvgIpc) is 2.79. The topological polar surface area (TPSA) is 29.9 Å². The number of halogens is 1. The van der Waals surface area contributed by atoms with E-state index in [0.29, 0.717) is 6.04 Å². The van der Waals surface area contributed by atoms with Crippen molar-refractivity contribution < 1.29 is 0 Å². The van der Waals surface area contributed by atoms with Crippen molar-refractivity contribution in [3.8, 4) is 0 Å². The van der Waals surface area contributed by atoms with Gasteiger partial charge >= 0.3 is 0 Å². The van der Waals surface area contributed by atoms with Crippen LogP contribution in [0, 0.1) is 6.92 Å². The van der Waals surface area contributed by atoms with Gasteiger partial charge in [-0.2, -0.15) is 0 Å². The Balaban J connectivity index is 2.07. The van der Waals surface area contributed by atoms with Gasteiger partial charge in [0.05, 0.1) is 18.6 Å². The maximum Gasteiger partial charge on any atom is 0.0951 e. The summed E-state index contributed by atoms with van der Waals surface area (Å²) in [5.41, 5.74) is 3.55. The van der Waals surface area contributed by atoms with Gasteiger partial charge in [-0.3, -0.25) is 0 Å². The summed E-state index contributed by atoms with van der Waals surface area (Å²) in [6, 6.07) is 6.74. The number of anilines is 1. The molecule has 0 spiro atoms. The lowest BCUT2D eigenvalue weighted by atomic mass is 10.2. The van der Waals surface area contributed by atoms with E-state index in [1.165, 1.54) is 11.3 Å². The van der Waals surface area contributed by atoms with E-state index in [1.54, 1.807) is 0 Å². The van der Waals surface area contributed by atoms with Crippen LogP contribution in [0.5, 0.6) is 0 Å². The van der Waals surface area contributed by atoms with Crippen LogP contribution in [0.15, 0.2) is 35.2 Å². The van der Waals surface area contributed by atoms with Crippen molar-refractivity contribution in [1.82, 2.24) is 9.55 Å². The summed E-state index contributed by atoms with van der Waals surface area (Å²) in [4.78, 5) is 4.20. The number of nitrogens with zero attached hydrogens (tertiary/aromatic N) is 2. The van der Waals surface area contributed by atoms with Crippen molar-refractivity contribution in [3.63, 3.8) is 0 Å². The third-order valence-electron chi connectivity index (χ3n) is 2.95. The summed E-state index contributed by atoms with van der Waals surface area (Å²) in [6.45, 7) is 7.19. The van der Waals surface area contributed by atoms with Gasteiger partial charge in [0.25, 0.3) is 0 Å². The zero-order valence-corrected chi connectivity index (χ0v) is 12.5. The van der Waals surface area contributed by atoms with Crippen LogP contribution in [-0.4, -0.2) is 9.55 Å². The molecule has 0 aliphatic heterocycles. The molecule has 18 heavy (non-hydrogen) atoms. The SMILES string of the molecule is Cc1ccc(NCc2cncn2C(C)C)cc1Br. The molecule has 0 unspecified atom stereocenters. The Morgan fingerprint density at radius 2 is 2.17 bits per heavy atom. The number of rotatable bonds is 4. The number of nitrogens with one attached hydrogen (secondary N) is 1. The normalized spacial score (nSPS) is 10.9. The van der Waals surface area contributed by atoms with Gasteiger partial charge in [0.2, 0.25) is 0 Å². The molecular weight excluding hydrogens is 290 g/mol. The minimum atomic E-state index is 0.439. The summed E-state index contributed by atoms with van der Waals surface area (Å²) < 4.78 is 3.31. The van der Waals surface area contributed by atoms with Gasteiger partial charge in [-0.1, -0.05) is 22.0 Å². The Morgan fingerprint density at radius 3 is 2.83 bits per heavy atom. The number of benzene rings is 1. The molecule has 0 aliphatic rings. The summed E-state index contributed by atoms with van der Waals surface area (Å²) in [6.07, 6.45) is 3.79. The van der Waals surface area contributed by atoms with Crippen LogP contribution in [0.2, 0.25) is 0 Å². The molecule has 1 aromatic carbocycles. The van der Waals surface area contributed by atoms with Crippen molar-refractivity contribution >= 4 is 21.6 Å². The van der Waals surface area contributed by atoms with Crippen molar-refractivity contribution in [2.45, 2.75) is 33.4 Å². The van der Waals surface area contributed by atoms with E-state index < -0.39 is 0 Å². The molecule has 3 nitrogen and oxygen atoms in total. The molecule has 0 radical (unpaired) electrons. The van der Waals surface area contributed by atoms with Crippen LogP contribution in [0.4, 0.5) is 5.69 Å². The lowest BCUT2D eigenvalue weighted by Crippen LogP contribution is -2.08. The molecular formula is C14H18BrN3. The second kappa shape index (κ2) is 5.57. The molecule has 0 fully saturated rings. The average molecular weight is 308 g/mol. The summed E-state index contributed by atoms with van der Waals surface area (Å²) in [5, 5.41) is 3.42. The molecule has 0 amide bonds. The van der Waals surface area contributed by atoms with Gasteiger partial charge < -0.3 is 9.88 Å². The highest BCUT2D eigenvalue weighted by molar-refractivity contribution is 9.10. The van der Waals surface area contributed by atoms with E-state index in [-0.39, 0.29) is 0 Å². The van der Waals surface area contributed by atoms with E-state index in [0.717, 1.165) is 16.7 Å². The molecule has 1 aromatic heterocycles. The first-order valence-corrected chi connectivity index (χ1v) is 6.88. The van der Waals surface area contributed by atoms with Crippen molar-refractivity contribution in [2.75, 3.05) is 5.32 Å². The van der Waals surface area contributed by atoms with E-state index in [4.69, 9.17) is 0 Å². The molecule has 2 aromatic rings. The Labute approximate surface area is 116 Å². The van der Waals surface area contributed by atoms with Gasteiger partial charge in [0.1, 0.15) is 0 Å².